The number of methoxy groups -OCH3 is 1. The summed E-state index contributed by atoms with van der Waals surface area (Å²) in [6.07, 6.45) is 0. The molecule has 2 aliphatic rings. The van der Waals surface area contributed by atoms with Crippen LogP contribution in [0.2, 0.25) is 0 Å². The summed E-state index contributed by atoms with van der Waals surface area (Å²) in [4.78, 5) is 27.4. The monoisotopic (exact) mass is 386 g/mol. The summed E-state index contributed by atoms with van der Waals surface area (Å²) in [6.45, 7) is 0.0930. The topological polar surface area (TPSA) is 77.1 Å². The summed E-state index contributed by atoms with van der Waals surface area (Å²) >= 11 is 1.54. The predicted molar refractivity (Wildman–Crippen MR) is 101 cm³/mol. The fraction of sp³-hybridized carbons (Fsp3) is 0.263. The summed E-state index contributed by atoms with van der Waals surface area (Å²) in [6, 6.07) is 11.7. The second-order valence-electron chi connectivity index (χ2n) is 6.05. The first-order valence-corrected chi connectivity index (χ1v) is 9.55. The Morgan fingerprint density at radius 3 is 2.78 bits per heavy atom. The van der Waals surface area contributed by atoms with Crippen molar-refractivity contribution in [3.05, 3.63) is 48.0 Å². The summed E-state index contributed by atoms with van der Waals surface area (Å²) in [5.41, 5.74) is 1.07. The lowest BCUT2D eigenvalue weighted by atomic mass is 10.1. The van der Waals surface area contributed by atoms with Gasteiger partial charge in [-0.1, -0.05) is 6.07 Å². The Hall–Kier alpha value is -2.87. The first-order chi connectivity index (χ1) is 13.2. The van der Waals surface area contributed by atoms with Crippen LogP contribution in [-0.4, -0.2) is 48.3 Å². The van der Waals surface area contributed by atoms with E-state index >= 15 is 0 Å². The highest BCUT2D eigenvalue weighted by Gasteiger charge is 2.37. The molecular weight excluding hydrogens is 368 g/mol. The zero-order chi connectivity index (χ0) is 18.8. The van der Waals surface area contributed by atoms with Gasteiger partial charge in [0.1, 0.15) is 11.8 Å². The minimum absolute atomic E-state index is 0.0930. The number of hydrogen-bond donors (Lipinski definition) is 1. The molecule has 1 N–H and O–H groups in total. The number of fused-ring (bicyclic) bond motifs is 1. The van der Waals surface area contributed by atoms with Crippen LogP contribution in [0.15, 0.2) is 42.5 Å². The van der Waals surface area contributed by atoms with Crippen molar-refractivity contribution >= 4 is 29.3 Å². The molecule has 0 saturated carbocycles. The molecule has 2 amide bonds. The Labute approximate surface area is 160 Å². The largest absolute Gasteiger partial charge is 0.497 e. The fourth-order valence-corrected chi connectivity index (χ4v) is 4.17. The SMILES string of the molecule is COc1ccc(NC(=O)[C@@H]2CSCN2C(=O)c2cccc3c2OCO3)cc1. The van der Waals surface area contributed by atoms with Crippen LogP contribution in [0, 0.1) is 0 Å². The molecule has 7 nitrogen and oxygen atoms in total. The Kier molecular flexibility index (Phi) is 4.81. The number of nitrogens with one attached hydrogen (secondary N) is 1. The molecule has 27 heavy (non-hydrogen) atoms. The van der Waals surface area contributed by atoms with Gasteiger partial charge in [0.15, 0.2) is 11.5 Å². The van der Waals surface area contributed by atoms with Gasteiger partial charge < -0.3 is 24.4 Å². The smallest absolute Gasteiger partial charge is 0.259 e. The minimum atomic E-state index is -0.553. The van der Waals surface area contributed by atoms with E-state index in [1.807, 2.05) is 0 Å². The summed E-state index contributed by atoms with van der Waals surface area (Å²) in [5.74, 6) is 2.23. The van der Waals surface area contributed by atoms with Gasteiger partial charge in [-0.05, 0) is 36.4 Å². The molecule has 2 aromatic carbocycles. The zero-order valence-electron chi connectivity index (χ0n) is 14.6. The van der Waals surface area contributed by atoms with E-state index in [-0.39, 0.29) is 18.6 Å². The van der Waals surface area contributed by atoms with E-state index in [0.29, 0.717) is 40.1 Å². The van der Waals surface area contributed by atoms with Crippen LogP contribution in [0.3, 0.4) is 0 Å². The number of amides is 2. The van der Waals surface area contributed by atoms with E-state index in [9.17, 15) is 9.59 Å². The summed E-state index contributed by atoms with van der Waals surface area (Å²) < 4.78 is 15.9. The number of nitrogens with zero attached hydrogens (tertiary/aromatic N) is 1. The van der Waals surface area contributed by atoms with Gasteiger partial charge in [0, 0.05) is 11.4 Å². The van der Waals surface area contributed by atoms with Crippen LogP contribution in [0.1, 0.15) is 10.4 Å². The van der Waals surface area contributed by atoms with Gasteiger partial charge >= 0.3 is 0 Å². The minimum Gasteiger partial charge on any atom is -0.497 e. The normalized spacial score (nSPS) is 17.7. The van der Waals surface area contributed by atoms with Crippen molar-refractivity contribution in [1.82, 2.24) is 4.90 Å². The van der Waals surface area contributed by atoms with Crippen LogP contribution in [0.25, 0.3) is 0 Å². The average Bonchev–Trinajstić information content (AvgIpc) is 3.37. The van der Waals surface area contributed by atoms with Crippen molar-refractivity contribution in [3.63, 3.8) is 0 Å². The van der Waals surface area contributed by atoms with Crippen molar-refractivity contribution in [2.24, 2.45) is 0 Å². The predicted octanol–water partition coefficient (Wildman–Crippen LogP) is 2.58. The van der Waals surface area contributed by atoms with E-state index in [4.69, 9.17) is 14.2 Å². The van der Waals surface area contributed by atoms with E-state index in [1.54, 1.807) is 66.2 Å². The second-order valence-corrected chi connectivity index (χ2v) is 7.05. The third-order valence-corrected chi connectivity index (χ3v) is 5.44. The number of thioether (sulfide) groups is 1. The van der Waals surface area contributed by atoms with E-state index < -0.39 is 6.04 Å². The van der Waals surface area contributed by atoms with Crippen LogP contribution in [-0.2, 0) is 4.79 Å². The van der Waals surface area contributed by atoms with E-state index in [1.165, 1.54) is 0 Å². The highest BCUT2D eigenvalue weighted by molar-refractivity contribution is 7.99. The van der Waals surface area contributed by atoms with Gasteiger partial charge in [0.05, 0.1) is 18.6 Å². The number of carbonyl (C=O) groups is 2. The molecule has 2 aliphatic heterocycles. The quantitative estimate of drug-likeness (QED) is 0.870. The molecule has 4 rings (SSSR count). The molecule has 1 saturated heterocycles. The van der Waals surface area contributed by atoms with Crippen molar-refractivity contribution in [1.29, 1.82) is 0 Å². The van der Waals surface area contributed by atoms with Gasteiger partial charge in [0.25, 0.3) is 5.91 Å². The second kappa shape index (κ2) is 7.40. The molecule has 0 radical (unpaired) electrons. The zero-order valence-corrected chi connectivity index (χ0v) is 15.5. The van der Waals surface area contributed by atoms with Crippen LogP contribution in [0.4, 0.5) is 5.69 Å². The van der Waals surface area contributed by atoms with E-state index in [2.05, 4.69) is 5.32 Å². The maximum absolute atomic E-state index is 13.0. The van der Waals surface area contributed by atoms with Gasteiger partial charge in [-0.2, -0.15) is 0 Å². The van der Waals surface area contributed by atoms with Crippen molar-refractivity contribution in [2.45, 2.75) is 6.04 Å². The standard InChI is InChI=1S/C19H18N2O5S/c1-24-13-7-5-12(6-8-13)20-18(22)15-9-27-10-21(15)19(23)14-3-2-4-16-17(14)26-11-25-16/h2-8,15H,9-11H2,1H3,(H,20,22)/t15-/m0/s1. The van der Waals surface area contributed by atoms with Crippen molar-refractivity contribution in [3.8, 4) is 17.2 Å². The first kappa shape index (κ1) is 17.5. The summed E-state index contributed by atoms with van der Waals surface area (Å²) in [5, 5.41) is 2.87. The first-order valence-electron chi connectivity index (χ1n) is 8.39. The molecule has 0 unspecified atom stereocenters. The van der Waals surface area contributed by atoms with Gasteiger partial charge in [0.2, 0.25) is 12.7 Å². The van der Waals surface area contributed by atoms with Gasteiger partial charge in [-0.3, -0.25) is 9.59 Å². The highest BCUT2D eigenvalue weighted by Crippen LogP contribution is 2.37. The van der Waals surface area contributed by atoms with Gasteiger partial charge in [-0.25, -0.2) is 0 Å². The maximum Gasteiger partial charge on any atom is 0.259 e. The third-order valence-electron chi connectivity index (χ3n) is 4.43. The Morgan fingerprint density at radius 2 is 2.00 bits per heavy atom. The van der Waals surface area contributed by atoms with Crippen molar-refractivity contribution in [2.75, 3.05) is 30.8 Å². The van der Waals surface area contributed by atoms with Crippen LogP contribution < -0.4 is 19.5 Å². The van der Waals surface area contributed by atoms with Crippen molar-refractivity contribution < 1.29 is 23.8 Å². The lowest BCUT2D eigenvalue weighted by Crippen LogP contribution is -2.44. The molecule has 1 atom stereocenters. The molecule has 0 bridgehead atoms. The fourth-order valence-electron chi connectivity index (χ4n) is 3.01. The lowest BCUT2D eigenvalue weighted by molar-refractivity contribution is -0.119. The van der Waals surface area contributed by atoms with Crippen LogP contribution in [0.5, 0.6) is 17.2 Å². The molecule has 0 aliphatic carbocycles. The number of anilines is 1. The number of hydrogen-bond acceptors (Lipinski definition) is 6. The molecular formula is C19H18N2O5S. The molecule has 8 heteroatoms. The molecule has 1 fully saturated rings. The van der Waals surface area contributed by atoms with Gasteiger partial charge in [-0.15, -0.1) is 11.8 Å². The maximum atomic E-state index is 13.0. The highest BCUT2D eigenvalue weighted by atomic mass is 32.2. The Morgan fingerprint density at radius 1 is 1.19 bits per heavy atom. The number of benzene rings is 2. The summed E-state index contributed by atoms with van der Waals surface area (Å²) in [7, 11) is 1.59. The number of rotatable bonds is 4. The molecule has 0 aromatic heterocycles. The molecule has 2 aromatic rings. The van der Waals surface area contributed by atoms with E-state index in [0.717, 1.165) is 0 Å². The Balaban J connectivity index is 1.50. The molecule has 0 spiro atoms. The Bertz CT molecular complexity index is 871. The molecule has 140 valence electrons. The number of ether oxygens (including phenoxy) is 3. The number of carbonyl (C=O) groups excluding carboxylic acids is 2. The van der Waals surface area contributed by atoms with Crippen LogP contribution >= 0.6 is 11.8 Å². The molecule has 2 heterocycles. The lowest BCUT2D eigenvalue weighted by Gasteiger charge is -2.23. The number of para-hydroxylation sites is 1. The third kappa shape index (κ3) is 3.40. The average molecular weight is 386 g/mol.